The second-order valence-electron chi connectivity index (χ2n) is 16.3. The van der Waals surface area contributed by atoms with Crippen LogP contribution in [0.3, 0.4) is 0 Å². The first-order chi connectivity index (χ1) is 24.5. The quantitative estimate of drug-likeness (QED) is 0.0882. The number of unbranched alkanes of at least 4 members (excludes halogenated alkanes) is 2. The summed E-state index contributed by atoms with van der Waals surface area (Å²) in [4.78, 5) is 0. The number of hydrogen-bond acceptors (Lipinski definition) is 1. The van der Waals surface area contributed by atoms with Crippen molar-refractivity contribution in [3.8, 4) is 39.1 Å². The summed E-state index contributed by atoms with van der Waals surface area (Å²) in [6.07, 6.45) is 8.90. The first-order valence-electron chi connectivity index (χ1n) is 19.3. The minimum absolute atomic E-state index is 0.0576. The first kappa shape index (κ1) is 36.6. The van der Waals surface area contributed by atoms with Gasteiger partial charge in [0.15, 0.2) is 0 Å². The second-order valence-corrected chi connectivity index (χ2v) is 20.9. The second kappa shape index (κ2) is 15.2. The fraction of sp³-hybridized carbons (Fsp3) is 0.347. The largest absolute Gasteiger partial charge is 0.489 e. The van der Waals surface area contributed by atoms with Crippen molar-refractivity contribution in [2.24, 2.45) is 0 Å². The molecule has 264 valence electrons. The van der Waals surface area contributed by atoms with Crippen LogP contribution in [0.2, 0.25) is 13.1 Å². The van der Waals surface area contributed by atoms with Crippen LogP contribution in [0.4, 0.5) is 0 Å². The van der Waals surface area contributed by atoms with E-state index in [1.54, 1.807) is 0 Å². The van der Waals surface area contributed by atoms with Gasteiger partial charge in [-0.25, -0.2) is 0 Å². The highest BCUT2D eigenvalue weighted by Gasteiger charge is 2.45. The lowest BCUT2D eigenvalue weighted by Gasteiger charge is -2.36. The molecule has 1 nitrogen and oxygen atoms in total. The molecule has 0 unspecified atom stereocenters. The summed E-state index contributed by atoms with van der Waals surface area (Å²) in [6, 6.07) is 37.6. The molecule has 5 aromatic carbocycles. The molecule has 0 aromatic heterocycles. The van der Waals surface area contributed by atoms with Crippen LogP contribution in [0.25, 0.3) is 33.4 Å². The Kier molecular flexibility index (Phi) is 10.9. The van der Waals surface area contributed by atoms with Gasteiger partial charge in [0.25, 0.3) is 0 Å². The summed E-state index contributed by atoms with van der Waals surface area (Å²) >= 11 is 0. The lowest BCUT2D eigenvalue weighted by Crippen LogP contribution is -2.49. The van der Waals surface area contributed by atoms with Crippen LogP contribution in [0, 0.1) is 6.92 Å². The van der Waals surface area contributed by atoms with Crippen molar-refractivity contribution >= 4 is 13.3 Å². The molecule has 0 radical (unpaired) electrons. The predicted octanol–water partition coefficient (Wildman–Crippen LogP) is 13.1. The van der Waals surface area contributed by atoms with E-state index in [1.807, 2.05) is 6.08 Å². The van der Waals surface area contributed by atoms with Gasteiger partial charge in [0.2, 0.25) is 0 Å². The van der Waals surface area contributed by atoms with Crippen LogP contribution in [0.1, 0.15) is 99.2 Å². The molecule has 51 heavy (non-hydrogen) atoms. The van der Waals surface area contributed by atoms with Crippen molar-refractivity contribution < 1.29 is 4.74 Å². The van der Waals surface area contributed by atoms with E-state index in [1.165, 1.54) is 97.6 Å². The highest BCUT2D eigenvalue weighted by molar-refractivity contribution is 6.92. The van der Waals surface area contributed by atoms with Crippen molar-refractivity contribution in [1.82, 2.24) is 0 Å². The molecule has 5 aromatic rings. The maximum absolute atomic E-state index is 6.73. The van der Waals surface area contributed by atoms with E-state index in [0.717, 1.165) is 18.6 Å². The average Bonchev–Trinajstić information content (AvgIpc) is 3.45. The molecular weight excluding hydrogens is 633 g/mol. The van der Waals surface area contributed by atoms with Crippen LogP contribution in [0.15, 0.2) is 110 Å². The fourth-order valence-electron chi connectivity index (χ4n) is 8.41. The van der Waals surface area contributed by atoms with E-state index in [-0.39, 0.29) is 11.0 Å². The molecule has 0 atom stereocenters. The molecule has 0 saturated carbocycles. The molecule has 0 heterocycles. The zero-order chi connectivity index (χ0) is 36.3. The van der Waals surface area contributed by atoms with Crippen LogP contribution < -0.4 is 9.92 Å². The Hall–Kier alpha value is -4.14. The van der Waals surface area contributed by atoms with Crippen molar-refractivity contribution in [2.75, 3.05) is 6.61 Å². The Labute approximate surface area is 309 Å². The minimum atomic E-state index is -2.36. The number of hydrogen-bond donors (Lipinski definition) is 0. The number of ether oxygens (including phenoxy) is 1. The van der Waals surface area contributed by atoms with Gasteiger partial charge in [0.05, 0.1) is 8.07 Å². The van der Waals surface area contributed by atoms with E-state index in [2.05, 4.69) is 158 Å². The molecular formula is C49H58OSi. The number of benzene rings is 5. The molecule has 6 rings (SSSR count). The minimum Gasteiger partial charge on any atom is -0.489 e. The zero-order valence-corrected chi connectivity index (χ0v) is 33.5. The van der Waals surface area contributed by atoms with Crippen LogP contribution in [0.5, 0.6) is 5.75 Å². The van der Waals surface area contributed by atoms with Gasteiger partial charge >= 0.3 is 0 Å². The Morgan fingerprint density at radius 1 is 0.686 bits per heavy atom. The molecule has 0 amide bonds. The van der Waals surface area contributed by atoms with E-state index in [9.17, 15) is 0 Å². The van der Waals surface area contributed by atoms with Crippen LogP contribution in [-0.4, -0.2) is 14.7 Å². The monoisotopic (exact) mass is 690 g/mol. The van der Waals surface area contributed by atoms with Crippen molar-refractivity contribution in [3.63, 3.8) is 0 Å². The van der Waals surface area contributed by atoms with Gasteiger partial charge in [-0.3, -0.25) is 0 Å². The smallest absolute Gasteiger partial charge is 0.122 e. The third-order valence-electron chi connectivity index (χ3n) is 11.1. The standard InChI is InChI=1S/C49H58OSi/c1-10-13-19-35-21-15-17-23-39(35)37-25-27-41-42-28-26-38(40-24-18-16-22-36(40)20-14-11-2)33-44(42)48(43(41)32-37)51(8,9)46-31-34(4)30-45(49(5,6)7)47(46)50-29-12-3/h12,15-18,21-28,30-33,48H,3,10-11,13-14,19-20,29H2,1-2,4-9H3. The van der Waals surface area contributed by atoms with Crippen molar-refractivity contribution in [3.05, 3.63) is 143 Å². The van der Waals surface area contributed by atoms with Crippen molar-refractivity contribution in [2.45, 2.75) is 104 Å². The Balaban J connectivity index is 1.60. The highest BCUT2D eigenvalue weighted by atomic mass is 28.3. The summed E-state index contributed by atoms with van der Waals surface area (Å²) in [6.45, 7) is 23.5. The summed E-state index contributed by atoms with van der Waals surface area (Å²) in [7, 11) is -2.36. The van der Waals surface area contributed by atoms with Crippen molar-refractivity contribution in [1.29, 1.82) is 0 Å². The average molecular weight is 691 g/mol. The lowest BCUT2D eigenvalue weighted by atomic mass is 9.85. The van der Waals surface area contributed by atoms with E-state index < -0.39 is 8.07 Å². The van der Waals surface area contributed by atoms with E-state index >= 15 is 0 Å². The molecule has 1 aliphatic carbocycles. The van der Waals surface area contributed by atoms with Gasteiger partial charge in [-0.15, -0.1) is 0 Å². The number of aryl methyl sites for hydroxylation is 3. The predicted molar refractivity (Wildman–Crippen MR) is 225 cm³/mol. The first-order valence-corrected chi connectivity index (χ1v) is 22.4. The van der Waals surface area contributed by atoms with E-state index in [0.29, 0.717) is 6.61 Å². The van der Waals surface area contributed by atoms with Gasteiger partial charge in [0, 0.05) is 5.54 Å². The Morgan fingerprint density at radius 3 is 1.67 bits per heavy atom. The van der Waals surface area contributed by atoms with Gasteiger partial charge in [-0.05, 0) is 104 Å². The maximum Gasteiger partial charge on any atom is 0.122 e. The molecule has 0 bridgehead atoms. The third kappa shape index (κ3) is 7.31. The molecule has 0 aliphatic heterocycles. The molecule has 0 spiro atoms. The highest BCUT2D eigenvalue weighted by Crippen LogP contribution is 2.52. The van der Waals surface area contributed by atoms with Gasteiger partial charge < -0.3 is 4.74 Å². The molecule has 0 saturated heterocycles. The molecule has 1 aliphatic rings. The topological polar surface area (TPSA) is 9.23 Å². The molecule has 2 heteroatoms. The van der Waals surface area contributed by atoms with Gasteiger partial charge in [-0.2, -0.15) is 0 Å². The molecule has 0 fully saturated rings. The SMILES string of the molecule is C=CCOc1c(C(C)(C)C)cc(C)cc1[Si](C)(C)C1c2cc(-c3ccccc3CCCC)ccc2-c2ccc(-c3ccccc3CCCC)cc21. The number of fused-ring (bicyclic) bond motifs is 3. The fourth-order valence-corrected chi connectivity index (χ4v) is 12.1. The summed E-state index contributed by atoms with van der Waals surface area (Å²) in [5, 5.41) is 1.40. The summed E-state index contributed by atoms with van der Waals surface area (Å²) in [5.41, 5.74) is 16.8. The third-order valence-corrected chi connectivity index (χ3v) is 14.9. The van der Waals surface area contributed by atoms with Crippen LogP contribution in [-0.2, 0) is 18.3 Å². The lowest BCUT2D eigenvalue weighted by molar-refractivity contribution is 0.353. The van der Waals surface area contributed by atoms with Gasteiger partial charge in [0.1, 0.15) is 12.4 Å². The van der Waals surface area contributed by atoms with E-state index in [4.69, 9.17) is 4.74 Å². The van der Waals surface area contributed by atoms with Crippen LogP contribution >= 0.6 is 0 Å². The molecule has 0 N–H and O–H groups in total. The summed E-state index contributed by atoms with van der Waals surface area (Å²) < 4.78 is 6.73. The zero-order valence-electron chi connectivity index (χ0n) is 32.5. The Bertz CT molecular complexity index is 1920. The Morgan fingerprint density at radius 2 is 1.20 bits per heavy atom. The maximum atomic E-state index is 6.73. The number of rotatable bonds is 13. The summed E-state index contributed by atoms with van der Waals surface area (Å²) in [5.74, 6) is 1.07. The normalized spacial score (nSPS) is 12.9. The van der Waals surface area contributed by atoms with Gasteiger partial charge in [-0.1, -0.05) is 176 Å².